The molecule has 1 saturated heterocycles. The van der Waals surface area contributed by atoms with Gasteiger partial charge in [0.2, 0.25) is 15.9 Å². The molecule has 3 rings (SSSR count). The quantitative estimate of drug-likeness (QED) is 0.704. The number of hydrogen-bond donors (Lipinski definition) is 2. The van der Waals surface area contributed by atoms with E-state index in [0.717, 1.165) is 11.3 Å². The van der Waals surface area contributed by atoms with Crippen molar-refractivity contribution in [1.82, 2.24) is 10.2 Å². The smallest absolute Gasteiger partial charge is 0.251 e. The van der Waals surface area contributed by atoms with Gasteiger partial charge in [-0.25, -0.2) is 13.6 Å². The fourth-order valence-corrected chi connectivity index (χ4v) is 4.47. The second-order valence-electron chi connectivity index (χ2n) is 6.77. The van der Waals surface area contributed by atoms with Crippen LogP contribution in [0.15, 0.2) is 65.6 Å². The Morgan fingerprint density at radius 1 is 1.17 bits per heavy atom. The van der Waals surface area contributed by atoms with Crippen LogP contribution in [0, 0.1) is 0 Å². The summed E-state index contributed by atoms with van der Waals surface area (Å²) in [4.78, 5) is 27.1. The van der Waals surface area contributed by atoms with Gasteiger partial charge in [0.15, 0.2) is 0 Å². The number of nitrogens with zero attached hydrogens (tertiary/aromatic N) is 1. The maximum Gasteiger partial charge on any atom is 0.251 e. The highest BCUT2D eigenvalue weighted by atomic mass is 32.2. The number of carbonyl (C=O) groups excluding carboxylic acids is 2. The van der Waals surface area contributed by atoms with Gasteiger partial charge in [0.25, 0.3) is 5.91 Å². The van der Waals surface area contributed by atoms with Crippen molar-refractivity contribution in [1.29, 1.82) is 0 Å². The van der Waals surface area contributed by atoms with E-state index in [-0.39, 0.29) is 16.4 Å². The van der Waals surface area contributed by atoms with Crippen molar-refractivity contribution in [3.63, 3.8) is 0 Å². The van der Waals surface area contributed by atoms with Crippen molar-refractivity contribution >= 4 is 39.7 Å². The number of thioether (sulfide) groups is 1. The van der Waals surface area contributed by atoms with Crippen molar-refractivity contribution in [3.8, 4) is 0 Å². The molecule has 0 bridgehead atoms. The van der Waals surface area contributed by atoms with E-state index in [1.807, 2.05) is 42.5 Å². The average molecular weight is 446 g/mol. The zero-order valence-corrected chi connectivity index (χ0v) is 17.9. The summed E-state index contributed by atoms with van der Waals surface area (Å²) in [5.74, 6) is 0.711. The number of nitrogens with one attached hydrogen (secondary N) is 1. The molecule has 2 aromatic rings. The van der Waals surface area contributed by atoms with Crippen molar-refractivity contribution in [2.75, 3.05) is 24.6 Å². The van der Waals surface area contributed by atoms with Crippen LogP contribution in [0.1, 0.15) is 15.9 Å². The molecule has 0 radical (unpaired) electrons. The van der Waals surface area contributed by atoms with Crippen LogP contribution in [0.4, 0.5) is 0 Å². The lowest BCUT2D eigenvalue weighted by Gasteiger charge is -2.23. The molecule has 2 amide bonds. The SMILES string of the molecule is NS(=O)(=O)c1ccc(C(=O)N[C@H]2CSCCN(CC=Cc3ccccc3)C2=O)cc1. The van der Waals surface area contributed by atoms with Crippen LogP contribution >= 0.6 is 11.8 Å². The minimum absolute atomic E-state index is 0.0727. The number of nitrogens with two attached hydrogens (primary N) is 1. The van der Waals surface area contributed by atoms with Gasteiger partial charge in [-0.1, -0.05) is 42.5 Å². The van der Waals surface area contributed by atoms with Crippen LogP contribution in [-0.2, 0) is 14.8 Å². The summed E-state index contributed by atoms with van der Waals surface area (Å²) in [6.07, 6.45) is 3.90. The number of hydrogen-bond acceptors (Lipinski definition) is 5. The number of carbonyl (C=O) groups is 2. The van der Waals surface area contributed by atoms with Crippen LogP contribution in [0.5, 0.6) is 0 Å². The Bertz CT molecular complexity index is 1020. The fraction of sp³-hybridized carbons (Fsp3) is 0.238. The van der Waals surface area contributed by atoms with Gasteiger partial charge in [-0.15, -0.1) is 0 Å². The summed E-state index contributed by atoms with van der Waals surface area (Å²) in [6.45, 7) is 1.07. The van der Waals surface area contributed by atoms with Gasteiger partial charge >= 0.3 is 0 Å². The zero-order chi connectivity index (χ0) is 21.6. The van der Waals surface area contributed by atoms with Gasteiger partial charge in [-0.2, -0.15) is 11.8 Å². The number of primary sulfonamides is 1. The molecule has 1 heterocycles. The molecule has 0 saturated carbocycles. The fourth-order valence-electron chi connectivity index (χ4n) is 2.98. The second kappa shape index (κ2) is 9.92. The van der Waals surface area contributed by atoms with Gasteiger partial charge in [-0.05, 0) is 29.8 Å². The molecule has 0 spiro atoms. The third-order valence-electron chi connectivity index (χ3n) is 4.59. The van der Waals surface area contributed by atoms with Gasteiger partial charge < -0.3 is 10.2 Å². The Hall–Kier alpha value is -2.62. The number of benzene rings is 2. The number of rotatable bonds is 6. The Morgan fingerprint density at radius 2 is 1.87 bits per heavy atom. The maximum absolute atomic E-state index is 12.9. The van der Waals surface area contributed by atoms with E-state index in [1.54, 1.807) is 16.7 Å². The first-order valence-electron chi connectivity index (χ1n) is 9.36. The molecular weight excluding hydrogens is 422 g/mol. The molecule has 3 N–H and O–H groups in total. The molecule has 1 aliphatic heterocycles. The standard InChI is InChI=1S/C21H23N3O4S2/c22-30(27,28)18-10-8-17(9-11-18)20(25)23-19-15-29-14-13-24(21(19)26)12-4-7-16-5-2-1-3-6-16/h1-11,19H,12-15H2,(H,23,25)(H2,22,27,28)/t19-/m0/s1. The maximum atomic E-state index is 12.9. The van der Waals surface area contributed by atoms with E-state index in [4.69, 9.17) is 5.14 Å². The molecular formula is C21H23N3O4S2. The van der Waals surface area contributed by atoms with E-state index in [9.17, 15) is 18.0 Å². The van der Waals surface area contributed by atoms with Crippen molar-refractivity contribution in [3.05, 3.63) is 71.8 Å². The second-order valence-corrected chi connectivity index (χ2v) is 9.48. The molecule has 0 aliphatic carbocycles. The highest BCUT2D eigenvalue weighted by Crippen LogP contribution is 2.14. The normalized spacial score (nSPS) is 17.7. The van der Waals surface area contributed by atoms with Crippen molar-refractivity contribution < 1.29 is 18.0 Å². The number of amides is 2. The molecule has 2 aromatic carbocycles. The molecule has 0 aromatic heterocycles. The molecule has 1 fully saturated rings. The Morgan fingerprint density at radius 3 is 2.53 bits per heavy atom. The van der Waals surface area contributed by atoms with E-state index >= 15 is 0 Å². The van der Waals surface area contributed by atoms with Crippen LogP contribution in [0.3, 0.4) is 0 Å². The molecule has 9 heteroatoms. The lowest BCUT2D eigenvalue weighted by Crippen LogP contribution is -2.49. The monoisotopic (exact) mass is 445 g/mol. The van der Waals surface area contributed by atoms with E-state index in [2.05, 4.69) is 5.32 Å². The van der Waals surface area contributed by atoms with E-state index < -0.39 is 22.0 Å². The van der Waals surface area contributed by atoms with E-state index in [1.165, 1.54) is 24.3 Å². The van der Waals surface area contributed by atoms with Crippen LogP contribution < -0.4 is 10.5 Å². The summed E-state index contributed by atoms with van der Waals surface area (Å²) in [5.41, 5.74) is 1.32. The third-order valence-corrected chi connectivity index (χ3v) is 6.56. The molecule has 1 aliphatic rings. The summed E-state index contributed by atoms with van der Waals surface area (Å²) in [7, 11) is -3.82. The van der Waals surface area contributed by atoms with Gasteiger partial charge in [0, 0.05) is 30.2 Å². The summed E-state index contributed by atoms with van der Waals surface area (Å²) >= 11 is 1.61. The lowest BCUT2D eigenvalue weighted by atomic mass is 10.2. The first-order valence-corrected chi connectivity index (χ1v) is 12.1. The highest BCUT2D eigenvalue weighted by Gasteiger charge is 2.28. The Balaban J connectivity index is 1.64. The van der Waals surface area contributed by atoms with Crippen molar-refractivity contribution in [2.45, 2.75) is 10.9 Å². The first-order chi connectivity index (χ1) is 14.3. The van der Waals surface area contributed by atoms with Crippen LogP contribution in [-0.4, -0.2) is 55.8 Å². The third kappa shape index (κ3) is 5.94. The molecule has 158 valence electrons. The molecule has 30 heavy (non-hydrogen) atoms. The largest absolute Gasteiger partial charge is 0.339 e. The molecule has 1 atom stereocenters. The average Bonchev–Trinajstić information content (AvgIpc) is 2.90. The molecule has 7 nitrogen and oxygen atoms in total. The Kier molecular flexibility index (Phi) is 7.30. The van der Waals surface area contributed by atoms with Crippen molar-refractivity contribution in [2.24, 2.45) is 5.14 Å². The van der Waals surface area contributed by atoms with Gasteiger partial charge in [0.1, 0.15) is 6.04 Å². The van der Waals surface area contributed by atoms with Crippen LogP contribution in [0.2, 0.25) is 0 Å². The predicted molar refractivity (Wildman–Crippen MR) is 118 cm³/mol. The number of sulfonamides is 1. The highest BCUT2D eigenvalue weighted by molar-refractivity contribution is 7.99. The Labute approximate surface area is 180 Å². The first kappa shape index (κ1) is 22.1. The molecule has 0 unspecified atom stereocenters. The predicted octanol–water partition coefficient (Wildman–Crippen LogP) is 1.72. The van der Waals surface area contributed by atoms with Gasteiger partial charge in [-0.3, -0.25) is 9.59 Å². The minimum atomic E-state index is -3.82. The van der Waals surface area contributed by atoms with Gasteiger partial charge in [0.05, 0.1) is 4.90 Å². The zero-order valence-electron chi connectivity index (χ0n) is 16.2. The van der Waals surface area contributed by atoms with E-state index in [0.29, 0.717) is 18.8 Å². The minimum Gasteiger partial charge on any atom is -0.339 e. The lowest BCUT2D eigenvalue weighted by molar-refractivity contribution is -0.131. The summed E-state index contributed by atoms with van der Waals surface area (Å²) in [5, 5.41) is 7.84. The van der Waals surface area contributed by atoms with Crippen LogP contribution in [0.25, 0.3) is 6.08 Å². The summed E-state index contributed by atoms with van der Waals surface area (Å²) in [6, 6.07) is 14.5. The summed E-state index contributed by atoms with van der Waals surface area (Å²) < 4.78 is 22.7. The topological polar surface area (TPSA) is 110 Å².